The Morgan fingerprint density at radius 2 is 1.69 bits per heavy atom. The van der Waals surface area contributed by atoms with Gasteiger partial charge in [-0.25, -0.2) is 8.42 Å². The average molecular weight is 460 g/mol. The number of ether oxygens (including phenoxy) is 2. The Balaban J connectivity index is 2.29. The molecule has 0 aliphatic heterocycles. The minimum absolute atomic E-state index is 0.0632. The molecule has 9 heteroatoms. The molecule has 1 N–H and O–H groups in total. The molecule has 172 valence electrons. The molecule has 32 heavy (non-hydrogen) atoms. The Bertz CT molecular complexity index is 1070. The van der Waals surface area contributed by atoms with Gasteiger partial charge in [0.15, 0.2) is 6.10 Å². The second-order valence-electron chi connectivity index (χ2n) is 7.30. The molecule has 0 heterocycles. The van der Waals surface area contributed by atoms with Crippen LogP contribution in [0.3, 0.4) is 0 Å². The molecule has 0 aliphatic rings. The Kier molecular flexibility index (Phi) is 8.63. The standard InChI is InChI=1S/C23H29N3O5S/c1-6-26(7-2)32(28,29)20-12-13-22(30-16(3)4)21(14-20)25-23(27)17(5)31-19-10-8-18(15-24)9-11-19/h8-14,16-17H,6-7H2,1-5H3,(H,25,27). The normalized spacial score (nSPS) is 12.3. The molecule has 0 saturated heterocycles. The summed E-state index contributed by atoms with van der Waals surface area (Å²) in [5, 5.41) is 11.6. The number of amides is 1. The summed E-state index contributed by atoms with van der Waals surface area (Å²) in [5.41, 5.74) is 0.725. The van der Waals surface area contributed by atoms with E-state index in [0.29, 0.717) is 30.2 Å². The van der Waals surface area contributed by atoms with E-state index in [1.54, 1.807) is 45.0 Å². The first kappa shape index (κ1) is 25.2. The Morgan fingerprint density at radius 3 is 2.22 bits per heavy atom. The van der Waals surface area contributed by atoms with Gasteiger partial charge in [0.05, 0.1) is 28.3 Å². The molecular weight excluding hydrogens is 430 g/mol. The van der Waals surface area contributed by atoms with Crippen LogP contribution in [0.5, 0.6) is 11.5 Å². The summed E-state index contributed by atoms with van der Waals surface area (Å²) >= 11 is 0. The van der Waals surface area contributed by atoms with Gasteiger partial charge < -0.3 is 14.8 Å². The highest BCUT2D eigenvalue weighted by Crippen LogP contribution is 2.30. The maximum atomic E-state index is 12.9. The van der Waals surface area contributed by atoms with Crippen LogP contribution >= 0.6 is 0 Å². The highest BCUT2D eigenvalue weighted by atomic mass is 32.2. The first-order valence-electron chi connectivity index (χ1n) is 10.4. The molecule has 0 spiro atoms. The van der Waals surface area contributed by atoms with E-state index in [0.717, 1.165) is 0 Å². The minimum Gasteiger partial charge on any atom is -0.489 e. The second-order valence-corrected chi connectivity index (χ2v) is 9.24. The summed E-state index contributed by atoms with van der Waals surface area (Å²) in [5.74, 6) is 0.320. The first-order chi connectivity index (χ1) is 15.1. The van der Waals surface area contributed by atoms with Gasteiger partial charge in [-0.1, -0.05) is 13.8 Å². The first-order valence-corrected chi connectivity index (χ1v) is 11.8. The quantitative estimate of drug-likeness (QED) is 0.579. The number of nitrogens with one attached hydrogen (secondary N) is 1. The van der Waals surface area contributed by atoms with Crippen LogP contribution in [-0.4, -0.2) is 43.9 Å². The molecule has 1 unspecified atom stereocenters. The highest BCUT2D eigenvalue weighted by Gasteiger charge is 2.24. The molecule has 2 aromatic carbocycles. The van der Waals surface area contributed by atoms with Crippen molar-refractivity contribution in [3.05, 3.63) is 48.0 Å². The van der Waals surface area contributed by atoms with Crippen molar-refractivity contribution in [3.8, 4) is 17.6 Å². The number of hydrogen-bond donors (Lipinski definition) is 1. The van der Waals surface area contributed by atoms with E-state index in [4.69, 9.17) is 14.7 Å². The lowest BCUT2D eigenvalue weighted by atomic mass is 10.2. The summed E-state index contributed by atoms with van der Waals surface area (Å²) in [6, 6.07) is 12.8. The van der Waals surface area contributed by atoms with E-state index in [9.17, 15) is 13.2 Å². The van der Waals surface area contributed by atoms with Gasteiger partial charge in [-0.15, -0.1) is 0 Å². The van der Waals surface area contributed by atoms with E-state index in [2.05, 4.69) is 5.32 Å². The Labute approximate surface area is 189 Å². The molecule has 1 atom stereocenters. The summed E-state index contributed by atoms with van der Waals surface area (Å²) in [7, 11) is -3.71. The van der Waals surface area contributed by atoms with Gasteiger partial charge >= 0.3 is 0 Å². The number of carbonyl (C=O) groups is 1. The van der Waals surface area contributed by atoms with Gasteiger partial charge in [-0.05, 0) is 63.2 Å². The van der Waals surface area contributed by atoms with Crippen molar-refractivity contribution in [2.24, 2.45) is 0 Å². The lowest BCUT2D eigenvalue weighted by Crippen LogP contribution is -2.32. The number of sulfonamides is 1. The number of hydrogen-bond acceptors (Lipinski definition) is 6. The average Bonchev–Trinajstić information content (AvgIpc) is 2.75. The van der Waals surface area contributed by atoms with Crippen LogP contribution in [0.1, 0.15) is 40.2 Å². The van der Waals surface area contributed by atoms with E-state index >= 15 is 0 Å². The van der Waals surface area contributed by atoms with E-state index in [1.807, 2.05) is 19.9 Å². The zero-order valence-electron chi connectivity index (χ0n) is 19.0. The number of carbonyl (C=O) groups excluding carboxylic acids is 1. The van der Waals surface area contributed by atoms with Crippen LogP contribution in [-0.2, 0) is 14.8 Å². The lowest BCUT2D eigenvalue weighted by molar-refractivity contribution is -0.122. The van der Waals surface area contributed by atoms with Crippen molar-refractivity contribution < 1.29 is 22.7 Å². The predicted molar refractivity (Wildman–Crippen MR) is 122 cm³/mol. The number of rotatable bonds is 10. The third-order valence-corrected chi connectivity index (χ3v) is 6.63. The summed E-state index contributed by atoms with van der Waals surface area (Å²) in [6.45, 7) is 9.45. The van der Waals surface area contributed by atoms with E-state index in [-0.39, 0.29) is 16.7 Å². The third-order valence-electron chi connectivity index (χ3n) is 4.58. The molecule has 0 aromatic heterocycles. The minimum atomic E-state index is -3.71. The number of benzene rings is 2. The van der Waals surface area contributed by atoms with E-state index < -0.39 is 22.0 Å². The molecule has 8 nitrogen and oxygen atoms in total. The molecule has 2 rings (SSSR count). The van der Waals surface area contributed by atoms with Crippen LogP contribution in [0.2, 0.25) is 0 Å². The molecule has 0 radical (unpaired) electrons. The Morgan fingerprint density at radius 1 is 1.06 bits per heavy atom. The maximum Gasteiger partial charge on any atom is 0.265 e. The third kappa shape index (κ3) is 6.22. The largest absolute Gasteiger partial charge is 0.489 e. The maximum absolute atomic E-state index is 12.9. The van der Waals surface area contributed by atoms with Crippen molar-refractivity contribution in [1.29, 1.82) is 5.26 Å². The fourth-order valence-corrected chi connectivity index (χ4v) is 4.42. The smallest absolute Gasteiger partial charge is 0.265 e. The Hall–Kier alpha value is -3.09. The van der Waals surface area contributed by atoms with E-state index in [1.165, 1.54) is 22.5 Å². The van der Waals surface area contributed by atoms with Crippen LogP contribution in [0, 0.1) is 11.3 Å². The van der Waals surface area contributed by atoms with Crippen molar-refractivity contribution in [1.82, 2.24) is 4.31 Å². The van der Waals surface area contributed by atoms with Gasteiger partial charge in [0, 0.05) is 13.1 Å². The van der Waals surface area contributed by atoms with Crippen LogP contribution in [0.25, 0.3) is 0 Å². The molecular formula is C23H29N3O5S. The van der Waals surface area contributed by atoms with Crippen molar-refractivity contribution in [3.63, 3.8) is 0 Å². The van der Waals surface area contributed by atoms with Crippen molar-refractivity contribution in [2.45, 2.75) is 51.7 Å². The lowest BCUT2D eigenvalue weighted by Gasteiger charge is -2.21. The van der Waals surface area contributed by atoms with Gasteiger partial charge in [0.2, 0.25) is 10.0 Å². The summed E-state index contributed by atoms with van der Waals surface area (Å²) < 4.78 is 38.6. The van der Waals surface area contributed by atoms with Gasteiger partial charge in [-0.3, -0.25) is 4.79 Å². The van der Waals surface area contributed by atoms with Crippen LogP contribution in [0.15, 0.2) is 47.4 Å². The summed E-state index contributed by atoms with van der Waals surface area (Å²) in [4.78, 5) is 12.8. The molecule has 2 aromatic rings. The van der Waals surface area contributed by atoms with Crippen LogP contribution < -0.4 is 14.8 Å². The number of nitrogens with zero attached hydrogens (tertiary/aromatic N) is 2. The second kappa shape index (κ2) is 11.0. The van der Waals surface area contributed by atoms with Crippen molar-refractivity contribution in [2.75, 3.05) is 18.4 Å². The van der Waals surface area contributed by atoms with Gasteiger partial charge in [0.25, 0.3) is 5.91 Å². The predicted octanol–water partition coefficient (Wildman–Crippen LogP) is 3.78. The molecule has 0 aliphatic carbocycles. The van der Waals surface area contributed by atoms with Crippen LogP contribution in [0.4, 0.5) is 5.69 Å². The van der Waals surface area contributed by atoms with Crippen molar-refractivity contribution >= 4 is 21.6 Å². The van der Waals surface area contributed by atoms with Gasteiger partial charge in [-0.2, -0.15) is 9.57 Å². The molecule has 0 saturated carbocycles. The molecule has 1 amide bonds. The fraction of sp³-hybridized carbons (Fsp3) is 0.391. The topological polar surface area (TPSA) is 109 Å². The molecule has 0 fully saturated rings. The SMILES string of the molecule is CCN(CC)S(=O)(=O)c1ccc(OC(C)C)c(NC(=O)C(C)Oc2ccc(C#N)cc2)c1. The zero-order valence-corrected chi connectivity index (χ0v) is 19.8. The zero-order chi connectivity index (χ0) is 23.9. The molecule has 0 bridgehead atoms. The fourth-order valence-electron chi connectivity index (χ4n) is 2.94. The summed E-state index contributed by atoms with van der Waals surface area (Å²) in [6.07, 6.45) is -1.05. The highest BCUT2D eigenvalue weighted by molar-refractivity contribution is 7.89. The number of nitriles is 1. The monoisotopic (exact) mass is 459 g/mol. The number of anilines is 1. The van der Waals surface area contributed by atoms with Gasteiger partial charge in [0.1, 0.15) is 11.5 Å².